The molecule has 1 aliphatic rings. The number of carboxylic acids is 1. The molecular weight excluding hydrogens is 514 g/mol. The molecule has 1 fully saturated rings. The summed E-state index contributed by atoms with van der Waals surface area (Å²) in [6.07, 6.45) is 7.41. The van der Waals surface area contributed by atoms with Crippen molar-refractivity contribution < 1.29 is 19.4 Å². The van der Waals surface area contributed by atoms with Gasteiger partial charge in [-0.25, -0.2) is 4.79 Å². The van der Waals surface area contributed by atoms with Crippen LogP contribution in [0.1, 0.15) is 44.1 Å². The summed E-state index contributed by atoms with van der Waals surface area (Å²) in [7, 11) is 0. The van der Waals surface area contributed by atoms with Crippen LogP contribution in [0.15, 0.2) is 57.1 Å². The van der Waals surface area contributed by atoms with Crippen molar-refractivity contribution in [3.63, 3.8) is 0 Å². The van der Waals surface area contributed by atoms with Crippen molar-refractivity contribution >= 4 is 49.8 Å². The lowest BCUT2D eigenvalue weighted by Gasteiger charge is -2.10. The first kappa shape index (κ1) is 22.6. The van der Waals surface area contributed by atoms with E-state index < -0.39 is 5.97 Å². The molecule has 0 unspecified atom stereocenters. The minimum atomic E-state index is -1.16. The van der Waals surface area contributed by atoms with Crippen LogP contribution in [0.2, 0.25) is 0 Å². The van der Waals surface area contributed by atoms with Crippen LogP contribution < -0.4 is 10.1 Å². The predicted octanol–water partition coefficient (Wildman–Crippen LogP) is 6.52. The highest BCUT2D eigenvalue weighted by Gasteiger charge is 2.17. The highest BCUT2D eigenvalue weighted by molar-refractivity contribution is 9.11. The summed E-state index contributed by atoms with van der Waals surface area (Å²) in [5, 5.41) is 12.0. The summed E-state index contributed by atoms with van der Waals surface area (Å²) < 4.78 is 7.60. The Morgan fingerprint density at radius 2 is 1.80 bits per heavy atom. The topological polar surface area (TPSA) is 75.6 Å². The first-order valence-corrected chi connectivity index (χ1v) is 11.5. The first-order valence-electron chi connectivity index (χ1n) is 9.88. The van der Waals surface area contributed by atoms with Crippen molar-refractivity contribution in [3.05, 3.63) is 62.7 Å². The van der Waals surface area contributed by atoms with Gasteiger partial charge in [-0.2, -0.15) is 0 Å². The number of amides is 1. The van der Waals surface area contributed by atoms with Gasteiger partial charge in [0.15, 0.2) is 0 Å². The van der Waals surface area contributed by atoms with E-state index in [-0.39, 0.29) is 11.6 Å². The average Bonchev–Trinajstić information content (AvgIpc) is 3.23. The molecule has 0 aromatic heterocycles. The van der Waals surface area contributed by atoms with Crippen molar-refractivity contribution in [1.29, 1.82) is 0 Å². The Morgan fingerprint density at radius 1 is 1.10 bits per heavy atom. The van der Waals surface area contributed by atoms with E-state index >= 15 is 0 Å². The molecule has 1 amide bonds. The van der Waals surface area contributed by atoms with E-state index in [9.17, 15) is 14.7 Å². The number of benzene rings is 2. The summed E-state index contributed by atoms with van der Waals surface area (Å²) >= 11 is 6.85. The van der Waals surface area contributed by atoms with E-state index in [1.807, 2.05) is 18.2 Å². The quantitative estimate of drug-likeness (QED) is 0.377. The second-order valence-corrected chi connectivity index (χ2v) is 9.12. The van der Waals surface area contributed by atoms with Crippen LogP contribution in [-0.2, 0) is 9.59 Å². The molecule has 7 heteroatoms. The van der Waals surface area contributed by atoms with Gasteiger partial charge in [0.05, 0.1) is 4.47 Å². The number of nitrogens with one attached hydrogen (secondary N) is 1. The fourth-order valence-electron chi connectivity index (χ4n) is 3.48. The van der Waals surface area contributed by atoms with Gasteiger partial charge in [0.1, 0.15) is 17.2 Å². The second kappa shape index (κ2) is 10.8. The summed E-state index contributed by atoms with van der Waals surface area (Å²) in [4.78, 5) is 23.7. The molecule has 30 heavy (non-hydrogen) atoms. The smallest absolute Gasteiger partial charge is 0.352 e. The van der Waals surface area contributed by atoms with Gasteiger partial charge in [-0.1, -0.05) is 53.7 Å². The Morgan fingerprint density at radius 3 is 2.43 bits per heavy atom. The van der Waals surface area contributed by atoms with Gasteiger partial charge in [-0.3, -0.25) is 4.79 Å². The SMILES string of the molecule is O=C(CCC1CCCC1)N/C(=C/c1ccc(Oc2ccc(Br)cc2Br)cc1)C(=O)O. The summed E-state index contributed by atoms with van der Waals surface area (Å²) in [6, 6.07) is 12.6. The number of hydrogen-bond donors (Lipinski definition) is 2. The summed E-state index contributed by atoms with van der Waals surface area (Å²) in [5.41, 5.74) is 0.529. The van der Waals surface area contributed by atoms with E-state index in [1.54, 1.807) is 24.3 Å². The van der Waals surface area contributed by atoms with Crippen LogP contribution in [0.25, 0.3) is 6.08 Å². The van der Waals surface area contributed by atoms with E-state index in [4.69, 9.17) is 4.74 Å². The standard InChI is InChI=1S/C23H23Br2NO4/c24-17-8-11-21(19(25)14-17)30-18-9-5-16(6-10-18)13-20(23(28)29)26-22(27)12-7-15-3-1-2-4-15/h5-6,8-11,13-15H,1-4,7,12H2,(H,26,27)(H,28,29)/b20-13+. The van der Waals surface area contributed by atoms with Crippen LogP contribution in [-0.4, -0.2) is 17.0 Å². The molecule has 0 bridgehead atoms. The van der Waals surface area contributed by atoms with Crippen LogP contribution in [0.5, 0.6) is 11.5 Å². The molecular formula is C23H23Br2NO4. The lowest BCUT2D eigenvalue weighted by molar-refractivity contribution is -0.134. The molecule has 2 aromatic rings. The maximum atomic E-state index is 12.2. The van der Waals surface area contributed by atoms with Gasteiger partial charge in [0.2, 0.25) is 5.91 Å². The van der Waals surface area contributed by atoms with Crippen molar-refractivity contribution in [2.24, 2.45) is 5.92 Å². The number of aliphatic carboxylic acids is 1. The molecule has 0 heterocycles. The van der Waals surface area contributed by atoms with Crippen molar-refractivity contribution in [2.45, 2.75) is 38.5 Å². The predicted molar refractivity (Wildman–Crippen MR) is 123 cm³/mol. The van der Waals surface area contributed by atoms with E-state index in [1.165, 1.54) is 31.8 Å². The number of ether oxygens (including phenoxy) is 1. The molecule has 3 rings (SSSR count). The van der Waals surface area contributed by atoms with E-state index in [0.717, 1.165) is 15.4 Å². The lowest BCUT2D eigenvalue weighted by Crippen LogP contribution is -2.27. The van der Waals surface area contributed by atoms with Gasteiger partial charge in [0, 0.05) is 10.9 Å². The van der Waals surface area contributed by atoms with Crippen molar-refractivity contribution in [1.82, 2.24) is 5.32 Å². The molecule has 0 saturated heterocycles. The first-order chi connectivity index (χ1) is 14.4. The number of rotatable bonds is 8. The zero-order chi connectivity index (χ0) is 21.5. The largest absolute Gasteiger partial charge is 0.477 e. The van der Waals surface area contributed by atoms with Gasteiger partial charge in [-0.15, -0.1) is 0 Å². The van der Waals surface area contributed by atoms with Crippen LogP contribution >= 0.6 is 31.9 Å². The van der Waals surface area contributed by atoms with E-state index in [2.05, 4.69) is 37.2 Å². The molecule has 2 aromatic carbocycles. The molecule has 2 N–H and O–H groups in total. The monoisotopic (exact) mass is 535 g/mol. The number of hydrogen-bond acceptors (Lipinski definition) is 3. The molecule has 5 nitrogen and oxygen atoms in total. The zero-order valence-corrected chi connectivity index (χ0v) is 19.5. The highest BCUT2D eigenvalue weighted by Crippen LogP contribution is 2.32. The normalized spacial score (nSPS) is 14.5. The Bertz CT molecular complexity index is 935. The van der Waals surface area contributed by atoms with Gasteiger partial charge < -0.3 is 15.2 Å². The Labute approximate surface area is 192 Å². The molecule has 0 radical (unpaired) electrons. The zero-order valence-electron chi connectivity index (χ0n) is 16.4. The maximum Gasteiger partial charge on any atom is 0.352 e. The molecule has 1 aliphatic carbocycles. The Balaban J connectivity index is 1.62. The van der Waals surface area contributed by atoms with Crippen LogP contribution in [0.3, 0.4) is 0 Å². The average molecular weight is 537 g/mol. The van der Waals surface area contributed by atoms with Crippen molar-refractivity contribution in [3.8, 4) is 11.5 Å². The summed E-state index contributed by atoms with van der Waals surface area (Å²) in [5.74, 6) is 0.458. The Hall–Kier alpha value is -2.12. The third-order valence-electron chi connectivity index (χ3n) is 5.07. The molecule has 0 spiro atoms. The fraction of sp³-hybridized carbons (Fsp3) is 0.304. The lowest BCUT2D eigenvalue weighted by atomic mass is 10.0. The van der Waals surface area contributed by atoms with Gasteiger partial charge >= 0.3 is 5.97 Å². The number of carboxylic acid groups (broad SMARTS) is 1. The molecule has 0 atom stereocenters. The third kappa shape index (κ3) is 6.71. The summed E-state index contributed by atoms with van der Waals surface area (Å²) in [6.45, 7) is 0. The van der Waals surface area contributed by atoms with Crippen LogP contribution in [0.4, 0.5) is 0 Å². The number of halogens is 2. The maximum absolute atomic E-state index is 12.2. The number of carbonyl (C=O) groups is 2. The van der Waals surface area contributed by atoms with E-state index in [0.29, 0.717) is 29.4 Å². The molecule has 158 valence electrons. The minimum Gasteiger partial charge on any atom is -0.477 e. The van der Waals surface area contributed by atoms with Crippen LogP contribution in [0, 0.1) is 5.92 Å². The number of carbonyl (C=O) groups excluding carboxylic acids is 1. The van der Waals surface area contributed by atoms with Crippen molar-refractivity contribution in [2.75, 3.05) is 0 Å². The second-order valence-electron chi connectivity index (χ2n) is 7.35. The highest BCUT2D eigenvalue weighted by atomic mass is 79.9. The van der Waals surface area contributed by atoms with Gasteiger partial charge in [0.25, 0.3) is 0 Å². The fourth-order valence-corrected chi connectivity index (χ4v) is 4.61. The molecule has 1 saturated carbocycles. The minimum absolute atomic E-state index is 0.129. The van der Waals surface area contributed by atoms with Gasteiger partial charge in [-0.05, 0) is 70.2 Å². The molecule has 0 aliphatic heterocycles. The third-order valence-corrected chi connectivity index (χ3v) is 6.18. The Kier molecular flexibility index (Phi) is 8.10.